The third-order valence-corrected chi connectivity index (χ3v) is 5.00. The first-order valence-electron chi connectivity index (χ1n) is 9.08. The van der Waals surface area contributed by atoms with Gasteiger partial charge in [0.05, 0.1) is 12.1 Å². The number of hydrogen-bond acceptors (Lipinski definition) is 4. The maximum atomic E-state index is 11.4. The molecule has 28 heavy (non-hydrogen) atoms. The average molecular weight is 370 g/mol. The van der Waals surface area contributed by atoms with Crippen LogP contribution in [0.4, 0.5) is 11.5 Å². The molecule has 0 aliphatic carbocycles. The zero-order chi connectivity index (χ0) is 19.1. The molecule has 0 saturated carbocycles. The first-order valence-corrected chi connectivity index (χ1v) is 9.08. The predicted molar refractivity (Wildman–Crippen MR) is 109 cm³/mol. The number of nitrogens with two attached hydrogens (primary N) is 1. The van der Waals surface area contributed by atoms with Crippen molar-refractivity contribution in [1.82, 2.24) is 10.2 Å². The monoisotopic (exact) mass is 370 g/mol. The van der Waals surface area contributed by atoms with Gasteiger partial charge in [-0.2, -0.15) is 5.10 Å². The number of carbonyl (C=O) groups excluding carboxylic acids is 1. The number of amides is 1. The maximum absolute atomic E-state index is 11.4. The number of nitrogens with one attached hydrogen (secondary N) is 2. The van der Waals surface area contributed by atoms with Crippen molar-refractivity contribution in [1.29, 1.82) is 0 Å². The molecule has 0 saturated heterocycles. The second kappa shape index (κ2) is 6.42. The van der Waals surface area contributed by atoms with Crippen LogP contribution in [-0.4, -0.2) is 22.7 Å². The number of carbonyl (C=O) groups is 1. The molecule has 4 N–H and O–H groups in total. The van der Waals surface area contributed by atoms with Crippen molar-refractivity contribution in [3.63, 3.8) is 0 Å². The molecule has 138 valence electrons. The largest absolute Gasteiger partial charge is 0.493 e. The topological polar surface area (TPSA) is 93.0 Å². The summed E-state index contributed by atoms with van der Waals surface area (Å²) in [7, 11) is 0. The molecule has 0 atom stereocenters. The Morgan fingerprint density at radius 3 is 2.82 bits per heavy atom. The van der Waals surface area contributed by atoms with Crippen LogP contribution >= 0.6 is 0 Å². The van der Waals surface area contributed by atoms with Crippen molar-refractivity contribution in [3.8, 4) is 16.9 Å². The Bertz CT molecular complexity index is 1210. The van der Waals surface area contributed by atoms with Gasteiger partial charge in [0.25, 0.3) is 0 Å². The highest BCUT2D eigenvalue weighted by Crippen LogP contribution is 2.33. The smallest absolute Gasteiger partial charge is 0.248 e. The minimum absolute atomic E-state index is 0.452. The zero-order valence-corrected chi connectivity index (χ0v) is 15.0. The van der Waals surface area contributed by atoms with E-state index in [-0.39, 0.29) is 0 Å². The number of ether oxygens (including phenoxy) is 1. The lowest BCUT2D eigenvalue weighted by Crippen LogP contribution is -2.10. The Labute approximate surface area is 161 Å². The summed E-state index contributed by atoms with van der Waals surface area (Å²) in [5.74, 6) is 1.22. The lowest BCUT2D eigenvalue weighted by molar-refractivity contribution is 0.100. The van der Waals surface area contributed by atoms with E-state index in [9.17, 15) is 4.79 Å². The molecule has 0 radical (unpaired) electrons. The van der Waals surface area contributed by atoms with Crippen LogP contribution in [0.2, 0.25) is 0 Å². The molecule has 0 fully saturated rings. The minimum Gasteiger partial charge on any atom is -0.493 e. The van der Waals surface area contributed by atoms with Gasteiger partial charge in [0.15, 0.2) is 5.82 Å². The molecule has 3 aromatic carbocycles. The first kappa shape index (κ1) is 16.4. The fourth-order valence-electron chi connectivity index (χ4n) is 3.55. The second-order valence-electron chi connectivity index (χ2n) is 6.82. The maximum Gasteiger partial charge on any atom is 0.248 e. The van der Waals surface area contributed by atoms with Gasteiger partial charge >= 0.3 is 0 Å². The third kappa shape index (κ3) is 2.85. The fourth-order valence-corrected chi connectivity index (χ4v) is 3.55. The highest BCUT2D eigenvalue weighted by atomic mass is 16.5. The Hall–Kier alpha value is -3.80. The van der Waals surface area contributed by atoms with Crippen LogP contribution in [0.5, 0.6) is 5.75 Å². The number of H-pyrrole nitrogens is 1. The van der Waals surface area contributed by atoms with E-state index < -0.39 is 5.91 Å². The van der Waals surface area contributed by atoms with Crippen molar-refractivity contribution in [2.75, 3.05) is 11.9 Å². The third-order valence-electron chi connectivity index (χ3n) is 5.00. The Morgan fingerprint density at radius 2 is 1.93 bits per heavy atom. The van der Waals surface area contributed by atoms with Crippen molar-refractivity contribution < 1.29 is 9.53 Å². The van der Waals surface area contributed by atoms with Crippen LogP contribution in [0.3, 0.4) is 0 Å². The minimum atomic E-state index is -0.458. The van der Waals surface area contributed by atoms with Gasteiger partial charge in [0, 0.05) is 23.1 Å². The van der Waals surface area contributed by atoms with E-state index in [0.717, 1.165) is 46.5 Å². The molecule has 5 rings (SSSR count). The molecule has 6 nitrogen and oxygen atoms in total. The highest BCUT2D eigenvalue weighted by Gasteiger charge is 2.14. The van der Waals surface area contributed by atoms with Gasteiger partial charge in [-0.3, -0.25) is 9.89 Å². The van der Waals surface area contributed by atoms with E-state index in [1.54, 1.807) is 18.2 Å². The predicted octanol–water partition coefficient (Wildman–Crippen LogP) is 4.01. The summed E-state index contributed by atoms with van der Waals surface area (Å²) in [6.45, 7) is 0.754. The summed E-state index contributed by atoms with van der Waals surface area (Å²) >= 11 is 0. The average Bonchev–Trinajstić information content (AvgIpc) is 3.34. The molecule has 0 unspecified atom stereocenters. The van der Waals surface area contributed by atoms with E-state index in [4.69, 9.17) is 10.5 Å². The normalized spacial score (nSPS) is 12.6. The van der Waals surface area contributed by atoms with Crippen LogP contribution in [0.25, 0.3) is 22.0 Å². The number of anilines is 2. The molecule has 2 heterocycles. The first-order chi connectivity index (χ1) is 13.7. The highest BCUT2D eigenvalue weighted by molar-refractivity contribution is 5.96. The summed E-state index contributed by atoms with van der Waals surface area (Å²) in [5.41, 5.74) is 11.0. The van der Waals surface area contributed by atoms with Crippen molar-refractivity contribution in [2.24, 2.45) is 5.73 Å². The van der Waals surface area contributed by atoms with Crippen LogP contribution in [0.15, 0.2) is 60.7 Å². The van der Waals surface area contributed by atoms with Crippen LogP contribution in [-0.2, 0) is 6.42 Å². The molecule has 0 bridgehead atoms. The number of aromatic amines is 1. The van der Waals surface area contributed by atoms with Gasteiger partial charge in [-0.25, -0.2) is 0 Å². The van der Waals surface area contributed by atoms with E-state index in [1.807, 2.05) is 18.2 Å². The molecule has 1 amide bonds. The Kier molecular flexibility index (Phi) is 3.76. The van der Waals surface area contributed by atoms with Gasteiger partial charge in [-0.05, 0) is 59.2 Å². The molecule has 6 heteroatoms. The quantitative estimate of drug-likeness (QED) is 0.506. The van der Waals surface area contributed by atoms with E-state index in [1.165, 1.54) is 5.56 Å². The van der Waals surface area contributed by atoms with Crippen LogP contribution in [0, 0.1) is 0 Å². The number of rotatable bonds is 4. The Morgan fingerprint density at radius 1 is 1.07 bits per heavy atom. The number of aromatic nitrogens is 2. The number of hydrogen-bond donors (Lipinski definition) is 3. The second-order valence-corrected chi connectivity index (χ2v) is 6.82. The van der Waals surface area contributed by atoms with Crippen LogP contribution < -0.4 is 15.8 Å². The standard InChI is InChI=1S/C22H18N4O2/c23-21(27)16-2-1-3-17(11-16)24-22-18-6-4-14(12-19(18)25-26-22)13-5-7-20-15(10-13)8-9-28-20/h1-7,10-12H,8-9H2,(H2,23,27)(H2,24,25,26). The molecular weight excluding hydrogens is 352 g/mol. The van der Waals surface area contributed by atoms with E-state index in [0.29, 0.717) is 11.4 Å². The van der Waals surface area contributed by atoms with Crippen LogP contribution in [0.1, 0.15) is 15.9 Å². The fraction of sp³-hybridized carbons (Fsp3) is 0.0909. The molecular formula is C22H18N4O2. The lowest BCUT2D eigenvalue weighted by Gasteiger charge is -2.06. The van der Waals surface area contributed by atoms with Gasteiger partial charge < -0.3 is 15.8 Å². The zero-order valence-electron chi connectivity index (χ0n) is 15.0. The summed E-state index contributed by atoms with van der Waals surface area (Å²) in [5, 5.41) is 11.7. The van der Waals surface area contributed by atoms with Crippen molar-refractivity contribution in [3.05, 3.63) is 71.8 Å². The van der Waals surface area contributed by atoms with Gasteiger partial charge in [-0.1, -0.05) is 18.2 Å². The Balaban J connectivity index is 1.47. The molecule has 1 aliphatic heterocycles. The van der Waals surface area contributed by atoms with Crippen molar-refractivity contribution in [2.45, 2.75) is 6.42 Å². The summed E-state index contributed by atoms with van der Waals surface area (Å²) in [4.78, 5) is 11.4. The van der Waals surface area contributed by atoms with Gasteiger partial charge in [0.2, 0.25) is 5.91 Å². The number of primary amides is 1. The molecule has 1 aliphatic rings. The summed E-state index contributed by atoms with van der Waals surface area (Å²) < 4.78 is 5.59. The lowest BCUT2D eigenvalue weighted by atomic mass is 10.0. The number of fused-ring (bicyclic) bond motifs is 2. The number of nitrogens with zero attached hydrogens (tertiary/aromatic N) is 1. The van der Waals surface area contributed by atoms with E-state index >= 15 is 0 Å². The van der Waals surface area contributed by atoms with Gasteiger partial charge in [0.1, 0.15) is 5.75 Å². The van der Waals surface area contributed by atoms with Gasteiger partial charge in [-0.15, -0.1) is 0 Å². The SMILES string of the molecule is NC(=O)c1cccc(Nc2n[nH]c3cc(-c4ccc5c(c4)CCO5)ccc23)c1. The molecule has 4 aromatic rings. The van der Waals surface area contributed by atoms with Crippen molar-refractivity contribution >= 4 is 28.3 Å². The summed E-state index contributed by atoms with van der Waals surface area (Å²) in [6, 6.07) is 19.6. The molecule has 1 aromatic heterocycles. The summed E-state index contributed by atoms with van der Waals surface area (Å²) in [6.07, 6.45) is 0.952. The number of benzene rings is 3. The van der Waals surface area contributed by atoms with E-state index in [2.05, 4.69) is 39.8 Å². The molecule has 0 spiro atoms.